The third kappa shape index (κ3) is 5.79. The van der Waals surface area contributed by atoms with Crippen LogP contribution in [0.5, 0.6) is 11.5 Å². The number of nitro groups is 1. The van der Waals surface area contributed by atoms with Gasteiger partial charge >= 0.3 is 22.9 Å². The second-order valence-electron chi connectivity index (χ2n) is 6.00. The van der Waals surface area contributed by atoms with Crippen LogP contribution in [0.1, 0.15) is 25.1 Å². The largest absolute Gasteiger partial charge is 0.493 e. The lowest BCUT2D eigenvalue weighted by Crippen LogP contribution is -2.25. The molecule has 0 fully saturated rings. The number of nitrogens with one attached hydrogen (secondary N) is 2. The van der Waals surface area contributed by atoms with Crippen LogP contribution in [0.15, 0.2) is 27.8 Å². The Labute approximate surface area is 164 Å². The molecule has 1 aromatic heterocycles. The molecule has 11 heteroatoms. The monoisotopic (exact) mass is 405 g/mol. The van der Waals surface area contributed by atoms with Crippen LogP contribution >= 0.6 is 0 Å². The van der Waals surface area contributed by atoms with Crippen LogP contribution < -0.4 is 20.7 Å². The van der Waals surface area contributed by atoms with Crippen molar-refractivity contribution in [3.8, 4) is 11.5 Å². The van der Waals surface area contributed by atoms with Crippen LogP contribution in [-0.2, 0) is 9.53 Å². The predicted octanol–water partition coefficient (Wildman–Crippen LogP) is 1.48. The minimum atomic E-state index is -1.10. The molecule has 0 radical (unpaired) electrons. The Bertz CT molecular complexity index is 1050. The summed E-state index contributed by atoms with van der Waals surface area (Å²) in [6.45, 7) is 3.14. The Kier molecular flexibility index (Phi) is 6.90. The molecule has 0 atom stereocenters. The number of esters is 1. The van der Waals surface area contributed by atoms with Crippen LogP contribution in [-0.4, -0.2) is 40.7 Å². The molecule has 2 N–H and O–H groups in total. The molecular weight excluding hydrogens is 386 g/mol. The topological polar surface area (TPSA) is 154 Å². The summed E-state index contributed by atoms with van der Waals surface area (Å²) < 4.78 is 15.6. The number of carbonyl (C=O) groups excluding carboxylic acids is 1. The van der Waals surface area contributed by atoms with Crippen LogP contribution in [0.2, 0.25) is 0 Å². The summed E-state index contributed by atoms with van der Waals surface area (Å²) in [5, 5.41) is 11.1. The molecule has 0 unspecified atom stereocenters. The van der Waals surface area contributed by atoms with Crippen molar-refractivity contribution in [2.45, 2.75) is 20.0 Å². The van der Waals surface area contributed by atoms with E-state index in [1.54, 1.807) is 31.0 Å². The molecule has 0 aliphatic heterocycles. The minimum absolute atomic E-state index is 0.250. The Morgan fingerprint density at radius 2 is 1.93 bits per heavy atom. The van der Waals surface area contributed by atoms with Gasteiger partial charge in [0.1, 0.15) is 5.69 Å². The number of benzene rings is 1. The van der Waals surface area contributed by atoms with Gasteiger partial charge in [-0.2, -0.15) is 0 Å². The molecule has 2 aromatic rings. The molecule has 0 saturated carbocycles. The van der Waals surface area contributed by atoms with E-state index in [0.29, 0.717) is 17.1 Å². The third-order valence-electron chi connectivity index (χ3n) is 3.47. The summed E-state index contributed by atoms with van der Waals surface area (Å²) in [6.07, 6.45) is 2.41. The van der Waals surface area contributed by atoms with Crippen LogP contribution in [0, 0.1) is 10.1 Å². The van der Waals surface area contributed by atoms with Crippen molar-refractivity contribution >= 4 is 23.8 Å². The first-order chi connectivity index (χ1) is 13.7. The molecule has 0 saturated heterocycles. The molecule has 1 aromatic carbocycles. The van der Waals surface area contributed by atoms with Gasteiger partial charge in [-0.05, 0) is 37.6 Å². The van der Waals surface area contributed by atoms with Gasteiger partial charge in [0.05, 0.1) is 18.1 Å². The fourth-order valence-electron chi connectivity index (χ4n) is 2.32. The second-order valence-corrected chi connectivity index (χ2v) is 6.00. The highest BCUT2D eigenvalue weighted by Gasteiger charge is 2.18. The Morgan fingerprint density at radius 3 is 2.55 bits per heavy atom. The van der Waals surface area contributed by atoms with E-state index in [9.17, 15) is 24.5 Å². The predicted molar refractivity (Wildman–Crippen MR) is 103 cm³/mol. The van der Waals surface area contributed by atoms with E-state index in [0.717, 1.165) is 0 Å². The molecule has 154 valence electrons. The van der Waals surface area contributed by atoms with Crippen molar-refractivity contribution < 1.29 is 23.9 Å². The normalized spacial score (nSPS) is 10.9. The van der Waals surface area contributed by atoms with E-state index in [1.165, 1.54) is 25.3 Å². The average molecular weight is 405 g/mol. The standard InChI is InChI=1S/C18H19N3O8/c1-10(2)29-15(22)9-28-13-7-5-11(8-14(13)27-3)4-6-12-16(21(25)26)17(23)20-18(24)19-12/h4-8,10H,9H2,1-3H3,(H2,19,20,23,24)/b6-4+. The number of hydrogen-bond donors (Lipinski definition) is 2. The number of aromatic amines is 2. The summed E-state index contributed by atoms with van der Waals surface area (Å²) >= 11 is 0. The van der Waals surface area contributed by atoms with Gasteiger partial charge in [0.15, 0.2) is 18.1 Å². The van der Waals surface area contributed by atoms with E-state index in [4.69, 9.17) is 14.2 Å². The maximum absolute atomic E-state index is 11.6. The molecule has 0 spiro atoms. The average Bonchev–Trinajstić information content (AvgIpc) is 2.63. The molecule has 0 amide bonds. The lowest BCUT2D eigenvalue weighted by molar-refractivity contribution is -0.386. The van der Waals surface area contributed by atoms with E-state index in [2.05, 4.69) is 4.98 Å². The number of H-pyrrole nitrogens is 2. The lowest BCUT2D eigenvalue weighted by atomic mass is 10.1. The molecule has 0 bridgehead atoms. The second kappa shape index (κ2) is 9.35. The third-order valence-corrected chi connectivity index (χ3v) is 3.47. The molecule has 0 aliphatic rings. The molecular formula is C18H19N3O8. The van der Waals surface area contributed by atoms with Crippen molar-refractivity contribution in [2.75, 3.05) is 13.7 Å². The molecule has 2 rings (SSSR count). The zero-order chi connectivity index (χ0) is 21.6. The van der Waals surface area contributed by atoms with Crippen LogP contribution in [0.4, 0.5) is 5.69 Å². The van der Waals surface area contributed by atoms with Crippen LogP contribution in [0.25, 0.3) is 12.2 Å². The van der Waals surface area contributed by atoms with Gasteiger partial charge in [0.2, 0.25) is 0 Å². The van der Waals surface area contributed by atoms with Gasteiger partial charge < -0.3 is 19.2 Å². The Hall–Kier alpha value is -3.89. The highest BCUT2D eigenvalue weighted by Crippen LogP contribution is 2.29. The zero-order valence-corrected chi connectivity index (χ0v) is 15.9. The fraction of sp³-hybridized carbons (Fsp3) is 0.278. The van der Waals surface area contributed by atoms with Crippen molar-refractivity contribution in [3.05, 3.63) is 60.4 Å². The first-order valence-corrected chi connectivity index (χ1v) is 8.40. The maximum Gasteiger partial charge on any atom is 0.357 e. The zero-order valence-electron chi connectivity index (χ0n) is 15.9. The smallest absolute Gasteiger partial charge is 0.357 e. The Balaban J connectivity index is 2.25. The highest BCUT2D eigenvalue weighted by atomic mass is 16.6. The van der Waals surface area contributed by atoms with Gasteiger partial charge in [0.25, 0.3) is 0 Å². The lowest BCUT2D eigenvalue weighted by Gasteiger charge is -2.12. The van der Waals surface area contributed by atoms with Gasteiger partial charge in [-0.15, -0.1) is 0 Å². The van der Waals surface area contributed by atoms with E-state index >= 15 is 0 Å². The molecule has 29 heavy (non-hydrogen) atoms. The van der Waals surface area contributed by atoms with Crippen molar-refractivity contribution in [1.82, 2.24) is 9.97 Å². The van der Waals surface area contributed by atoms with Crippen molar-refractivity contribution in [3.63, 3.8) is 0 Å². The molecule has 11 nitrogen and oxygen atoms in total. The summed E-state index contributed by atoms with van der Waals surface area (Å²) in [7, 11) is 1.40. The van der Waals surface area contributed by atoms with E-state index < -0.39 is 27.8 Å². The van der Waals surface area contributed by atoms with E-state index in [-0.39, 0.29) is 18.4 Å². The number of hydrogen-bond acceptors (Lipinski definition) is 8. The number of methoxy groups -OCH3 is 1. The quantitative estimate of drug-likeness (QED) is 0.380. The molecule has 0 aliphatic carbocycles. The SMILES string of the molecule is COc1cc(/C=C/c2[nH]c(=O)[nH]c(=O)c2[N+](=O)[O-])ccc1OCC(=O)OC(C)C. The number of carbonyl (C=O) groups is 1. The van der Waals surface area contributed by atoms with Gasteiger partial charge in [-0.25, -0.2) is 9.59 Å². The number of ether oxygens (including phenoxy) is 3. The maximum atomic E-state index is 11.6. The highest BCUT2D eigenvalue weighted by molar-refractivity contribution is 5.73. The number of rotatable bonds is 8. The van der Waals surface area contributed by atoms with Crippen molar-refractivity contribution in [2.24, 2.45) is 0 Å². The first-order valence-electron chi connectivity index (χ1n) is 8.40. The van der Waals surface area contributed by atoms with Gasteiger partial charge in [-0.3, -0.25) is 19.9 Å². The van der Waals surface area contributed by atoms with Crippen LogP contribution in [0.3, 0.4) is 0 Å². The number of aromatic nitrogens is 2. The minimum Gasteiger partial charge on any atom is -0.493 e. The molecule has 1 heterocycles. The van der Waals surface area contributed by atoms with Gasteiger partial charge in [0, 0.05) is 0 Å². The van der Waals surface area contributed by atoms with Gasteiger partial charge in [-0.1, -0.05) is 12.1 Å². The summed E-state index contributed by atoms with van der Waals surface area (Å²) in [6, 6.07) is 4.69. The summed E-state index contributed by atoms with van der Waals surface area (Å²) in [4.78, 5) is 48.8. The summed E-state index contributed by atoms with van der Waals surface area (Å²) in [5.74, 6) is 0.0656. The van der Waals surface area contributed by atoms with E-state index in [1.807, 2.05) is 0 Å². The van der Waals surface area contributed by atoms with Crippen molar-refractivity contribution in [1.29, 1.82) is 0 Å². The first kappa shape index (κ1) is 21.4. The Morgan fingerprint density at radius 1 is 1.21 bits per heavy atom. The summed E-state index contributed by atoms with van der Waals surface area (Å²) in [5.41, 5.74) is -2.46. The number of nitrogens with zero attached hydrogens (tertiary/aromatic N) is 1. The fourth-order valence-corrected chi connectivity index (χ4v) is 2.32.